The van der Waals surface area contributed by atoms with Gasteiger partial charge in [-0.25, -0.2) is 4.98 Å². The minimum Gasteiger partial charge on any atom is -0.497 e. The van der Waals surface area contributed by atoms with Gasteiger partial charge in [-0.1, -0.05) is 11.6 Å². The van der Waals surface area contributed by atoms with Gasteiger partial charge >= 0.3 is 0 Å². The number of rotatable bonds is 5. The molecule has 0 fully saturated rings. The third-order valence-electron chi connectivity index (χ3n) is 3.24. The average molecular weight is 381 g/mol. The molecule has 0 saturated heterocycles. The molecular formula is C16H13ClN2O3S2. The number of thiophene rings is 1. The van der Waals surface area contributed by atoms with Crippen LogP contribution < -0.4 is 14.8 Å². The molecule has 1 amide bonds. The van der Waals surface area contributed by atoms with Crippen molar-refractivity contribution in [3.63, 3.8) is 0 Å². The van der Waals surface area contributed by atoms with Crippen molar-refractivity contribution < 1.29 is 14.3 Å². The molecule has 0 atom stereocenters. The number of aromatic nitrogens is 1. The number of halogens is 1. The van der Waals surface area contributed by atoms with E-state index in [2.05, 4.69) is 10.3 Å². The SMILES string of the molecule is COc1ccc(-c2csc(NC(=O)c3csc(Cl)c3)n2)c(OC)c1. The van der Waals surface area contributed by atoms with Gasteiger partial charge in [0.05, 0.1) is 29.8 Å². The van der Waals surface area contributed by atoms with E-state index >= 15 is 0 Å². The topological polar surface area (TPSA) is 60.5 Å². The van der Waals surface area contributed by atoms with Crippen molar-refractivity contribution in [2.75, 3.05) is 19.5 Å². The number of hydrogen-bond donors (Lipinski definition) is 1. The van der Waals surface area contributed by atoms with Crippen LogP contribution in [0.2, 0.25) is 4.34 Å². The van der Waals surface area contributed by atoms with Crippen molar-refractivity contribution in [3.05, 3.63) is 44.9 Å². The zero-order chi connectivity index (χ0) is 17.1. The van der Waals surface area contributed by atoms with Crippen molar-refractivity contribution in [2.24, 2.45) is 0 Å². The van der Waals surface area contributed by atoms with E-state index < -0.39 is 0 Å². The van der Waals surface area contributed by atoms with E-state index in [1.54, 1.807) is 31.7 Å². The van der Waals surface area contributed by atoms with Crippen LogP contribution in [-0.4, -0.2) is 25.1 Å². The fourth-order valence-electron chi connectivity index (χ4n) is 2.06. The quantitative estimate of drug-likeness (QED) is 0.691. The van der Waals surface area contributed by atoms with Gasteiger partial charge in [0, 0.05) is 22.4 Å². The first-order valence-corrected chi connectivity index (χ1v) is 8.97. The van der Waals surface area contributed by atoms with E-state index in [1.165, 1.54) is 22.7 Å². The zero-order valence-corrected chi connectivity index (χ0v) is 15.2. The molecule has 0 radical (unpaired) electrons. The van der Waals surface area contributed by atoms with Gasteiger partial charge in [0.2, 0.25) is 0 Å². The number of methoxy groups -OCH3 is 2. The number of carbonyl (C=O) groups is 1. The Hall–Kier alpha value is -2.09. The highest BCUT2D eigenvalue weighted by Crippen LogP contribution is 2.35. The van der Waals surface area contributed by atoms with Crippen LogP contribution in [-0.2, 0) is 0 Å². The normalized spacial score (nSPS) is 10.5. The van der Waals surface area contributed by atoms with Crippen LogP contribution in [0, 0.1) is 0 Å². The van der Waals surface area contributed by atoms with Gasteiger partial charge in [0.1, 0.15) is 11.5 Å². The number of anilines is 1. The molecule has 0 unspecified atom stereocenters. The molecule has 0 bridgehead atoms. The number of thiazole rings is 1. The summed E-state index contributed by atoms with van der Waals surface area (Å²) in [6.45, 7) is 0. The molecule has 2 aromatic heterocycles. The Morgan fingerprint density at radius 2 is 2.00 bits per heavy atom. The van der Waals surface area contributed by atoms with Crippen molar-refractivity contribution in [2.45, 2.75) is 0 Å². The maximum atomic E-state index is 12.1. The molecule has 0 saturated carbocycles. The van der Waals surface area contributed by atoms with E-state index in [0.717, 1.165) is 11.3 Å². The number of hydrogen-bond acceptors (Lipinski definition) is 6. The number of nitrogens with one attached hydrogen (secondary N) is 1. The van der Waals surface area contributed by atoms with Gasteiger partial charge in [-0.3, -0.25) is 10.1 Å². The number of benzene rings is 1. The summed E-state index contributed by atoms with van der Waals surface area (Å²) in [6, 6.07) is 7.13. The maximum Gasteiger partial charge on any atom is 0.258 e. The van der Waals surface area contributed by atoms with Crippen LogP contribution in [0.3, 0.4) is 0 Å². The summed E-state index contributed by atoms with van der Waals surface area (Å²) in [4.78, 5) is 16.6. The fourth-order valence-corrected chi connectivity index (χ4v) is 3.63. The number of ether oxygens (including phenoxy) is 2. The summed E-state index contributed by atoms with van der Waals surface area (Å²) in [5, 5.41) is 6.85. The lowest BCUT2D eigenvalue weighted by Crippen LogP contribution is -2.10. The predicted molar refractivity (Wildman–Crippen MR) is 97.9 cm³/mol. The smallest absolute Gasteiger partial charge is 0.258 e. The highest BCUT2D eigenvalue weighted by Gasteiger charge is 2.14. The van der Waals surface area contributed by atoms with Crippen molar-refractivity contribution in [3.8, 4) is 22.8 Å². The largest absolute Gasteiger partial charge is 0.497 e. The Balaban J connectivity index is 1.82. The highest BCUT2D eigenvalue weighted by molar-refractivity contribution is 7.15. The number of amides is 1. The molecular weight excluding hydrogens is 368 g/mol. The molecule has 0 aliphatic heterocycles. The van der Waals surface area contributed by atoms with Crippen LogP contribution in [0.4, 0.5) is 5.13 Å². The van der Waals surface area contributed by atoms with Gasteiger partial charge in [-0.05, 0) is 18.2 Å². The minimum absolute atomic E-state index is 0.235. The lowest BCUT2D eigenvalue weighted by molar-refractivity contribution is 0.102. The van der Waals surface area contributed by atoms with Gasteiger partial charge in [-0.2, -0.15) is 0 Å². The van der Waals surface area contributed by atoms with Gasteiger partial charge < -0.3 is 9.47 Å². The zero-order valence-electron chi connectivity index (χ0n) is 12.8. The predicted octanol–water partition coefficient (Wildman–Crippen LogP) is 4.79. The molecule has 1 N–H and O–H groups in total. The summed E-state index contributed by atoms with van der Waals surface area (Å²) >= 11 is 8.51. The fraction of sp³-hybridized carbons (Fsp3) is 0.125. The lowest BCUT2D eigenvalue weighted by atomic mass is 10.1. The summed E-state index contributed by atoms with van der Waals surface area (Å²) in [6.07, 6.45) is 0. The number of nitrogens with zero attached hydrogens (tertiary/aromatic N) is 1. The standard InChI is InChI=1S/C16H13ClN2O3S2/c1-21-10-3-4-11(13(6-10)22-2)12-8-24-16(18-12)19-15(20)9-5-14(17)23-7-9/h3-8H,1-2H3,(H,18,19,20). The van der Waals surface area contributed by atoms with E-state index in [4.69, 9.17) is 21.1 Å². The molecule has 5 nitrogen and oxygen atoms in total. The minimum atomic E-state index is -0.235. The van der Waals surface area contributed by atoms with Crippen LogP contribution >= 0.6 is 34.3 Å². The Morgan fingerprint density at radius 3 is 2.67 bits per heavy atom. The van der Waals surface area contributed by atoms with E-state index in [1.807, 2.05) is 17.5 Å². The molecule has 0 aliphatic carbocycles. The average Bonchev–Trinajstić information content (AvgIpc) is 3.23. The van der Waals surface area contributed by atoms with E-state index in [-0.39, 0.29) is 5.91 Å². The van der Waals surface area contributed by atoms with Crippen LogP contribution in [0.25, 0.3) is 11.3 Å². The first-order valence-electron chi connectivity index (χ1n) is 6.84. The second-order valence-corrected chi connectivity index (χ2v) is 7.10. The molecule has 0 aliphatic rings. The van der Waals surface area contributed by atoms with Crippen molar-refractivity contribution >= 4 is 45.3 Å². The monoisotopic (exact) mass is 380 g/mol. The Morgan fingerprint density at radius 1 is 1.17 bits per heavy atom. The van der Waals surface area contributed by atoms with Crippen LogP contribution in [0.15, 0.2) is 35.0 Å². The van der Waals surface area contributed by atoms with Crippen LogP contribution in [0.5, 0.6) is 11.5 Å². The molecule has 124 valence electrons. The summed E-state index contributed by atoms with van der Waals surface area (Å²) in [7, 11) is 3.19. The molecule has 8 heteroatoms. The van der Waals surface area contributed by atoms with Gasteiger partial charge in [0.15, 0.2) is 5.13 Å². The Labute approximate surface area is 151 Å². The first-order chi connectivity index (χ1) is 11.6. The second-order valence-electron chi connectivity index (χ2n) is 4.70. The van der Waals surface area contributed by atoms with Gasteiger partial charge in [-0.15, -0.1) is 22.7 Å². The number of carbonyl (C=O) groups excluding carboxylic acids is 1. The van der Waals surface area contributed by atoms with Gasteiger partial charge in [0.25, 0.3) is 5.91 Å². The third kappa shape index (κ3) is 3.53. The second kappa shape index (κ2) is 7.21. The van der Waals surface area contributed by atoms with E-state index in [9.17, 15) is 4.79 Å². The lowest BCUT2D eigenvalue weighted by Gasteiger charge is -2.08. The molecule has 3 aromatic rings. The Bertz CT molecular complexity index is 876. The molecule has 24 heavy (non-hydrogen) atoms. The van der Waals surface area contributed by atoms with Crippen LogP contribution in [0.1, 0.15) is 10.4 Å². The molecule has 1 aromatic carbocycles. The summed E-state index contributed by atoms with van der Waals surface area (Å²) < 4.78 is 11.2. The van der Waals surface area contributed by atoms with Crippen molar-refractivity contribution in [1.82, 2.24) is 4.98 Å². The molecule has 3 rings (SSSR count). The maximum absolute atomic E-state index is 12.1. The van der Waals surface area contributed by atoms with Crippen molar-refractivity contribution in [1.29, 1.82) is 0 Å². The third-order valence-corrected chi connectivity index (χ3v) is 5.09. The van der Waals surface area contributed by atoms with E-state index in [0.29, 0.717) is 26.5 Å². The summed E-state index contributed by atoms with van der Waals surface area (Å²) in [5.41, 5.74) is 2.07. The summed E-state index contributed by atoms with van der Waals surface area (Å²) in [5.74, 6) is 1.12. The first kappa shape index (κ1) is 16.8. The Kier molecular flexibility index (Phi) is 5.03. The molecule has 2 heterocycles. The molecule has 0 spiro atoms. The highest BCUT2D eigenvalue weighted by atomic mass is 35.5.